The van der Waals surface area contributed by atoms with Crippen LogP contribution >= 0.6 is 0 Å². The van der Waals surface area contributed by atoms with Crippen LogP contribution in [0.25, 0.3) is 0 Å². The topological polar surface area (TPSA) is 20.2 Å². The van der Waals surface area contributed by atoms with Crippen LogP contribution in [0.1, 0.15) is 64.5 Å². The standard InChI is InChI=1S/C16H26.C6H6O/c1-5-6-7-8-10-14-11-9-12-15(13-14)16(2,3)4;7-6-4-2-1-3-5-6/h9,11-13H,5-8,10H2,1-4H3;1-5,7H. The molecule has 0 aliphatic heterocycles. The minimum atomic E-state index is 0.277. The van der Waals surface area contributed by atoms with Crippen molar-refractivity contribution in [2.24, 2.45) is 0 Å². The maximum absolute atomic E-state index is 8.63. The fraction of sp³-hybridized carbons (Fsp3) is 0.455. The number of rotatable bonds is 5. The fourth-order valence-electron chi connectivity index (χ4n) is 2.38. The summed E-state index contributed by atoms with van der Waals surface area (Å²) < 4.78 is 0. The summed E-state index contributed by atoms with van der Waals surface area (Å²) >= 11 is 0. The van der Waals surface area contributed by atoms with E-state index in [0.717, 1.165) is 0 Å². The Kier molecular flexibility index (Phi) is 8.47. The molecule has 0 saturated heterocycles. The molecule has 2 rings (SSSR count). The fourth-order valence-corrected chi connectivity index (χ4v) is 2.38. The number of hydrogen-bond donors (Lipinski definition) is 1. The van der Waals surface area contributed by atoms with Gasteiger partial charge in [0.1, 0.15) is 5.75 Å². The Morgan fingerprint density at radius 3 is 2.04 bits per heavy atom. The van der Waals surface area contributed by atoms with Crippen LogP contribution in [-0.4, -0.2) is 5.11 Å². The molecule has 0 unspecified atom stereocenters. The van der Waals surface area contributed by atoms with Gasteiger partial charge in [0.25, 0.3) is 0 Å². The van der Waals surface area contributed by atoms with Crippen LogP contribution in [0.5, 0.6) is 5.75 Å². The Morgan fingerprint density at radius 2 is 1.52 bits per heavy atom. The molecule has 23 heavy (non-hydrogen) atoms. The molecule has 0 fully saturated rings. The monoisotopic (exact) mass is 312 g/mol. The van der Waals surface area contributed by atoms with Gasteiger partial charge in [-0.2, -0.15) is 0 Å². The van der Waals surface area contributed by atoms with E-state index in [0.29, 0.717) is 5.75 Å². The van der Waals surface area contributed by atoms with Crippen LogP contribution < -0.4 is 0 Å². The number of aryl methyl sites for hydroxylation is 1. The van der Waals surface area contributed by atoms with E-state index in [9.17, 15) is 0 Å². The number of aromatic hydroxyl groups is 1. The molecular formula is C22H32O. The van der Waals surface area contributed by atoms with Crippen LogP contribution in [0.4, 0.5) is 0 Å². The first-order valence-corrected chi connectivity index (χ1v) is 8.77. The number of benzene rings is 2. The molecule has 2 aromatic carbocycles. The second-order valence-corrected chi connectivity index (χ2v) is 7.10. The van der Waals surface area contributed by atoms with E-state index in [4.69, 9.17) is 5.11 Å². The molecule has 0 spiro atoms. The highest BCUT2D eigenvalue weighted by Gasteiger charge is 2.13. The lowest BCUT2D eigenvalue weighted by Crippen LogP contribution is -2.11. The molecule has 0 radical (unpaired) electrons. The predicted octanol–water partition coefficient (Wildman–Crippen LogP) is 6.50. The summed E-state index contributed by atoms with van der Waals surface area (Å²) in [6.07, 6.45) is 6.64. The Bertz CT molecular complexity index is 537. The van der Waals surface area contributed by atoms with Gasteiger partial charge >= 0.3 is 0 Å². The van der Waals surface area contributed by atoms with Gasteiger partial charge in [0.2, 0.25) is 0 Å². The number of hydrogen-bond acceptors (Lipinski definition) is 1. The Labute approximate surface area is 142 Å². The molecule has 126 valence electrons. The van der Waals surface area contributed by atoms with E-state index in [1.807, 2.05) is 6.07 Å². The lowest BCUT2D eigenvalue weighted by Gasteiger charge is -2.19. The highest BCUT2D eigenvalue weighted by Crippen LogP contribution is 2.23. The average molecular weight is 312 g/mol. The van der Waals surface area contributed by atoms with Crippen molar-refractivity contribution in [1.29, 1.82) is 0 Å². The first-order valence-electron chi connectivity index (χ1n) is 8.77. The van der Waals surface area contributed by atoms with Gasteiger partial charge in [0.05, 0.1) is 0 Å². The van der Waals surface area contributed by atoms with Crippen molar-refractivity contribution in [3.63, 3.8) is 0 Å². The molecule has 2 aromatic rings. The van der Waals surface area contributed by atoms with Crippen molar-refractivity contribution in [2.45, 2.75) is 65.2 Å². The van der Waals surface area contributed by atoms with Crippen molar-refractivity contribution < 1.29 is 5.11 Å². The van der Waals surface area contributed by atoms with Gasteiger partial charge in [0, 0.05) is 0 Å². The third kappa shape index (κ3) is 8.44. The quantitative estimate of drug-likeness (QED) is 0.625. The molecule has 0 atom stereocenters. The van der Waals surface area contributed by atoms with Crippen molar-refractivity contribution in [2.75, 3.05) is 0 Å². The lowest BCUT2D eigenvalue weighted by atomic mass is 9.86. The smallest absolute Gasteiger partial charge is 0.115 e. The van der Waals surface area contributed by atoms with Crippen molar-refractivity contribution in [1.82, 2.24) is 0 Å². The Morgan fingerprint density at radius 1 is 0.826 bits per heavy atom. The van der Waals surface area contributed by atoms with E-state index in [-0.39, 0.29) is 5.41 Å². The lowest BCUT2D eigenvalue weighted by molar-refractivity contribution is 0.475. The highest BCUT2D eigenvalue weighted by molar-refractivity contribution is 5.28. The predicted molar refractivity (Wildman–Crippen MR) is 101 cm³/mol. The summed E-state index contributed by atoms with van der Waals surface area (Å²) in [5.41, 5.74) is 3.24. The minimum Gasteiger partial charge on any atom is -0.508 e. The maximum atomic E-state index is 8.63. The van der Waals surface area contributed by atoms with Crippen LogP contribution in [-0.2, 0) is 11.8 Å². The minimum absolute atomic E-state index is 0.277. The van der Waals surface area contributed by atoms with Crippen LogP contribution in [0.3, 0.4) is 0 Å². The zero-order valence-electron chi connectivity index (χ0n) is 15.2. The molecule has 0 heterocycles. The largest absolute Gasteiger partial charge is 0.508 e. The summed E-state index contributed by atoms with van der Waals surface area (Å²) in [6.45, 7) is 9.11. The van der Waals surface area contributed by atoms with Gasteiger partial charge in [-0.3, -0.25) is 0 Å². The summed E-state index contributed by atoms with van der Waals surface area (Å²) in [6, 6.07) is 17.8. The normalized spacial score (nSPS) is 10.8. The number of para-hydroxylation sites is 1. The van der Waals surface area contributed by atoms with Gasteiger partial charge < -0.3 is 5.11 Å². The van der Waals surface area contributed by atoms with Crippen molar-refractivity contribution in [3.05, 3.63) is 65.7 Å². The zero-order valence-corrected chi connectivity index (χ0v) is 15.2. The third-order valence-corrected chi connectivity index (χ3v) is 3.87. The molecule has 0 bridgehead atoms. The van der Waals surface area contributed by atoms with E-state index in [1.165, 1.54) is 43.2 Å². The summed E-state index contributed by atoms with van der Waals surface area (Å²) in [5, 5.41) is 8.63. The van der Waals surface area contributed by atoms with Gasteiger partial charge in [-0.1, -0.05) is 89.4 Å². The van der Waals surface area contributed by atoms with E-state index < -0.39 is 0 Å². The highest BCUT2D eigenvalue weighted by atomic mass is 16.3. The van der Waals surface area contributed by atoms with E-state index in [1.54, 1.807) is 24.3 Å². The first-order chi connectivity index (χ1) is 10.9. The van der Waals surface area contributed by atoms with Gasteiger partial charge in [-0.15, -0.1) is 0 Å². The van der Waals surface area contributed by atoms with Gasteiger partial charge in [-0.05, 0) is 41.5 Å². The molecule has 1 nitrogen and oxygen atoms in total. The van der Waals surface area contributed by atoms with E-state index >= 15 is 0 Å². The molecule has 1 N–H and O–H groups in total. The average Bonchev–Trinajstić information content (AvgIpc) is 2.52. The molecule has 0 aliphatic carbocycles. The second kappa shape index (κ2) is 10.1. The summed E-state index contributed by atoms with van der Waals surface area (Å²) in [4.78, 5) is 0. The molecule has 0 amide bonds. The number of phenolic OH excluding ortho intramolecular Hbond substituents is 1. The molecule has 0 aromatic heterocycles. The summed E-state index contributed by atoms with van der Waals surface area (Å²) in [5.74, 6) is 0.322. The van der Waals surface area contributed by atoms with Gasteiger partial charge in [-0.25, -0.2) is 0 Å². The molecule has 1 heteroatoms. The van der Waals surface area contributed by atoms with Gasteiger partial charge in [0.15, 0.2) is 0 Å². The third-order valence-electron chi connectivity index (χ3n) is 3.87. The molecular weight excluding hydrogens is 280 g/mol. The Balaban J connectivity index is 0.000000313. The SMILES string of the molecule is CCCCCCc1cccc(C(C)(C)C)c1.Oc1ccccc1. The molecule has 0 saturated carbocycles. The van der Waals surface area contributed by atoms with Crippen LogP contribution in [0, 0.1) is 0 Å². The van der Waals surface area contributed by atoms with Crippen molar-refractivity contribution in [3.8, 4) is 5.75 Å². The van der Waals surface area contributed by atoms with Crippen LogP contribution in [0.2, 0.25) is 0 Å². The number of phenols is 1. The zero-order chi connectivity index (χ0) is 17.1. The summed E-state index contributed by atoms with van der Waals surface area (Å²) in [7, 11) is 0. The Hall–Kier alpha value is -1.76. The van der Waals surface area contributed by atoms with Crippen LogP contribution in [0.15, 0.2) is 54.6 Å². The molecule has 0 aliphatic rings. The first kappa shape index (κ1) is 19.3. The number of unbranched alkanes of at least 4 members (excludes halogenated alkanes) is 3. The van der Waals surface area contributed by atoms with Crippen molar-refractivity contribution >= 4 is 0 Å². The second-order valence-electron chi connectivity index (χ2n) is 7.10. The maximum Gasteiger partial charge on any atom is 0.115 e. The van der Waals surface area contributed by atoms with E-state index in [2.05, 4.69) is 52.0 Å².